The van der Waals surface area contributed by atoms with Crippen LogP contribution in [0.4, 0.5) is 0 Å². The number of fused-ring (bicyclic) bond motifs is 1. The zero-order valence-corrected chi connectivity index (χ0v) is 16.7. The summed E-state index contributed by atoms with van der Waals surface area (Å²) in [5, 5.41) is 12.5. The Balaban J connectivity index is 1.60. The molecular weight excluding hydrogens is 354 g/mol. The Labute approximate surface area is 163 Å². The van der Waals surface area contributed by atoms with E-state index in [1.165, 1.54) is 10.2 Å². The Kier molecular flexibility index (Phi) is 4.53. The molecule has 0 spiro atoms. The standard InChI is InChI=1S/C21H25N5O2/c1-12-5-7-15(8-6-12)13(2)22-17(27)11-26-21(28)18-19(16-9-10-16)24-25(4)20(18)14(3)23-26/h5-8,13,16H,9-11H2,1-4H3,(H,22,27)/t13-/m0/s1. The quantitative estimate of drug-likeness (QED) is 0.738. The molecule has 0 radical (unpaired) electrons. The summed E-state index contributed by atoms with van der Waals surface area (Å²) in [7, 11) is 1.84. The molecule has 0 saturated heterocycles. The molecule has 1 N–H and O–H groups in total. The summed E-state index contributed by atoms with van der Waals surface area (Å²) in [5.41, 5.74) is 4.26. The van der Waals surface area contributed by atoms with E-state index in [9.17, 15) is 9.59 Å². The van der Waals surface area contributed by atoms with Crippen molar-refractivity contribution < 1.29 is 4.79 Å². The van der Waals surface area contributed by atoms with Crippen LogP contribution >= 0.6 is 0 Å². The van der Waals surface area contributed by atoms with Gasteiger partial charge in [0.2, 0.25) is 5.91 Å². The molecule has 7 nitrogen and oxygen atoms in total. The van der Waals surface area contributed by atoms with Gasteiger partial charge in [0, 0.05) is 13.0 Å². The average Bonchev–Trinajstić information content (AvgIpc) is 3.42. The fourth-order valence-corrected chi connectivity index (χ4v) is 3.68. The van der Waals surface area contributed by atoms with Crippen molar-refractivity contribution in [1.29, 1.82) is 0 Å². The second-order valence-corrected chi connectivity index (χ2v) is 7.75. The maximum absolute atomic E-state index is 13.0. The molecule has 1 fully saturated rings. The molecule has 1 aromatic carbocycles. The van der Waals surface area contributed by atoms with Crippen molar-refractivity contribution in [1.82, 2.24) is 24.9 Å². The van der Waals surface area contributed by atoms with Crippen LogP contribution in [0.25, 0.3) is 10.9 Å². The van der Waals surface area contributed by atoms with E-state index in [4.69, 9.17) is 0 Å². The maximum Gasteiger partial charge on any atom is 0.278 e. The minimum atomic E-state index is -0.242. The summed E-state index contributed by atoms with van der Waals surface area (Å²) < 4.78 is 3.00. The summed E-state index contributed by atoms with van der Waals surface area (Å²) in [6, 6.07) is 7.89. The number of rotatable bonds is 5. The highest BCUT2D eigenvalue weighted by Crippen LogP contribution is 2.41. The lowest BCUT2D eigenvalue weighted by Gasteiger charge is -2.15. The van der Waals surface area contributed by atoms with Crippen LogP contribution in [-0.4, -0.2) is 25.5 Å². The lowest BCUT2D eigenvalue weighted by molar-refractivity contribution is -0.122. The van der Waals surface area contributed by atoms with Crippen LogP contribution in [0, 0.1) is 13.8 Å². The summed E-state index contributed by atoms with van der Waals surface area (Å²) >= 11 is 0. The SMILES string of the molecule is Cc1ccc([C@H](C)NC(=O)Cn2nc(C)c3c(c(C4CC4)nn3C)c2=O)cc1. The van der Waals surface area contributed by atoms with E-state index in [0.29, 0.717) is 17.0 Å². The largest absolute Gasteiger partial charge is 0.348 e. The Bertz CT molecular complexity index is 1110. The lowest BCUT2D eigenvalue weighted by Crippen LogP contribution is -2.35. The minimum absolute atomic E-state index is 0.106. The zero-order chi connectivity index (χ0) is 20.0. The highest BCUT2D eigenvalue weighted by molar-refractivity contribution is 5.84. The van der Waals surface area contributed by atoms with Crippen molar-refractivity contribution in [2.75, 3.05) is 0 Å². The van der Waals surface area contributed by atoms with Gasteiger partial charge in [0.05, 0.1) is 28.3 Å². The zero-order valence-electron chi connectivity index (χ0n) is 16.7. The first kappa shape index (κ1) is 18.4. The van der Waals surface area contributed by atoms with Crippen molar-refractivity contribution in [3.8, 4) is 0 Å². The van der Waals surface area contributed by atoms with Gasteiger partial charge in [0.1, 0.15) is 6.54 Å². The van der Waals surface area contributed by atoms with Crippen LogP contribution in [0.5, 0.6) is 0 Å². The minimum Gasteiger partial charge on any atom is -0.348 e. The number of hydrogen-bond acceptors (Lipinski definition) is 4. The van der Waals surface area contributed by atoms with Crippen molar-refractivity contribution >= 4 is 16.8 Å². The number of carbonyl (C=O) groups excluding carboxylic acids is 1. The van der Waals surface area contributed by atoms with E-state index in [0.717, 1.165) is 29.6 Å². The number of amides is 1. The molecule has 28 heavy (non-hydrogen) atoms. The van der Waals surface area contributed by atoms with Gasteiger partial charge in [-0.2, -0.15) is 10.2 Å². The van der Waals surface area contributed by atoms with Crippen LogP contribution < -0.4 is 10.9 Å². The number of hydrogen-bond donors (Lipinski definition) is 1. The van der Waals surface area contributed by atoms with E-state index >= 15 is 0 Å². The van der Waals surface area contributed by atoms with E-state index in [-0.39, 0.29) is 24.1 Å². The molecule has 2 aromatic heterocycles. The van der Waals surface area contributed by atoms with Crippen molar-refractivity contribution in [3.05, 3.63) is 57.1 Å². The molecule has 0 aliphatic heterocycles. The molecule has 1 atom stereocenters. The first-order chi connectivity index (χ1) is 13.3. The Hall–Kier alpha value is -2.96. The fourth-order valence-electron chi connectivity index (χ4n) is 3.68. The van der Waals surface area contributed by atoms with Crippen LogP contribution in [0.1, 0.15) is 54.2 Å². The van der Waals surface area contributed by atoms with Gasteiger partial charge in [-0.3, -0.25) is 14.3 Å². The first-order valence-corrected chi connectivity index (χ1v) is 9.65. The molecule has 1 saturated carbocycles. The van der Waals surface area contributed by atoms with Crippen molar-refractivity contribution in [2.24, 2.45) is 7.05 Å². The van der Waals surface area contributed by atoms with Crippen LogP contribution in [-0.2, 0) is 18.4 Å². The lowest BCUT2D eigenvalue weighted by atomic mass is 10.1. The fraction of sp³-hybridized carbons (Fsp3) is 0.429. The van der Waals surface area contributed by atoms with Gasteiger partial charge in [-0.15, -0.1) is 0 Å². The molecule has 1 amide bonds. The summed E-state index contributed by atoms with van der Waals surface area (Å²) in [6.45, 7) is 5.70. The van der Waals surface area contributed by atoms with Gasteiger partial charge < -0.3 is 5.32 Å². The number of aromatic nitrogens is 4. The third-order valence-corrected chi connectivity index (χ3v) is 5.35. The molecule has 0 bridgehead atoms. The van der Waals surface area contributed by atoms with Gasteiger partial charge in [0.25, 0.3) is 5.56 Å². The van der Waals surface area contributed by atoms with Gasteiger partial charge in [-0.1, -0.05) is 29.8 Å². The predicted molar refractivity (Wildman–Crippen MR) is 107 cm³/mol. The Morgan fingerprint density at radius 3 is 2.54 bits per heavy atom. The number of nitrogens with zero attached hydrogens (tertiary/aromatic N) is 4. The molecule has 1 aliphatic rings. The second-order valence-electron chi connectivity index (χ2n) is 7.75. The second kappa shape index (κ2) is 6.89. The number of carbonyl (C=O) groups is 1. The smallest absolute Gasteiger partial charge is 0.278 e. The summed E-state index contributed by atoms with van der Waals surface area (Å²) in [6.07, 6.45) is 2.11. The molecule has 2 heterocycles. The first-order valence-electron chi connectivity index (χ1n) is 9.65. The average molecular weight is 379 g/mol. The molecule has 146 valence electrons. The number of aryl methyl sites for hydroxylation is 3. The highest BCUT2D eigenvalue weighted by atomic mass is 16.2. The molecular formula is C21H25N5O2. The summed E-state index contributed by atoms with van der Waals surface area (Å²) in [5.74, 6) is 0.111. The molecule has 4 rings (SSSR count). The van der Waals surface area contributed by atoms with Crippen LogP contribution in [0.15, 0.2) is 29.1 Å². The molecule has 0 unspecified atom stereocenters. The monoisotopic (exact) mass is 379 g/mol. The van der Waals surface area contributed by atoms with E-state index < -0.39 is 0 Å². The van der Waals surface area contributed by atoms with E-state index in [1.807, 2.05) is 52.1 Å². The summed E-state index contributed by atoms with van der Waals surface area (Å²) in [4.78, 5) is 25.6. The van der Waals surface area contributed by atoms with Gasteiger partial charge >= 0.3 is 0 Å². The van der Waals surface area contributed by atoms with Crippen LogP contribution in [0.3, 0.4) is 0 Å². The Morgan fingerprint density at radius 2 is 1.89 bits per heavy atom. The van der Waals surface area contributed by atoms with Crippen LogP contribution in [0.2, 0.25) is 0 Å². The van der Waals surface area contributed by atoms with E-state index in [2.05, 4.69) is 15.5 Å². The van der Waals surface area contributed by atoms with E-state index in [1.54, 1.807) is 4.68 Å². The predicted octanol–water partition coefficient (Wildman–Crippen LogP) is 2.50. The van der Waals surface area contributed by atoms with Gasteiger partial charge in [-0.05, 0) is 39.2 Å². The Morgan fingerprint density at radius 1 is 1.21 bits per heavy atom. The number of nitrogens with one attached hydrogen (secondary N) is 1. The molecule has 7 heteroatoms. The van der Waals surface area contributed by atoms with Crippen molar-refractivity contribution in [3.63, 3.8) is 0 Å². The topological polar surface area (TPSA) is 81.8 Å². The van der Waals surface area contributed by atoms with Gasteiger partial charge in [0.15, 0.2) is 0 Å². The molecule has 1 aliphatic carbocycles. The molecule has 3 aromatic rings. The van der Waals surface area contributed by atoms with Crippen molar-refractivity contribution in [2.45, 2.75) is 52.1 Å². The maximum atomic E-state index is 13.0. The van der Waals surface area contributed by atoms with Gasteiger partial charge in [-0.25, -0.2) is 4.68 Å². The highest BCUT2D eigenvalue weighted by Gasteiger charge is 2.31. The number of benzene rings is 1. The third kappa shape index (κ3) is 3.32. The normalized spacial score (nSPS) is 15.0. The third-order valence-electron chi connectivity index (χ3n) is 5.35.